The maximum absolute atomic E-state index is 3.80. The van der Waals surface area contributed by atoms with E-state index in [4.69, 9.17) is 0 Å². The Bertz CT molecular complexity index is 330. The average molecular weight is 187 g/mol. The van der Waals surface area contributed by atoms with Crippen LogP contribution in [0.25, 0.3) is 6.08 Å². The van der Waals surface area contributed by atoms with E-state index in [0.717, 1.165) is 5.92 Å². The number of likely N-dealkylation sites (N-methyl/N-ethyl adjacent to an activating group) is 1. The Labute approximate surface area is 86.1 Å². The van der Waals surface area contributed by atoms with Crippen molar-refractivity contribution < 1.29 is 0 Å². The Kier molecular flexibility index (Phi) is 2.69. The zero-order valence-corrected chi connectivity index (χ0v) is 8.74. The fraction of sp³-hybridized carbons (Fsp3) is 0.385. The van der Waals surface area contributed by atoms with Crippen LogP contribution in [0.5, 0.6) is 0 Å². The topological polar surface area (TPSA) is 3.24 Å². The summed E-state index contributed by atoms with van der Waals surface area (Å²) in [6.07, 6.45) is 3.21. The molecular weight excluding hydrogens is 170 g/mol. The van der Waals surface area contributed by atoms with Crippen molar-refractivity contribution in [1.29, 1.82) is 0 Å². The Morgan fingerprint density at radius 3 is 3.00 bits per heavy atom. The third-order valence-electron chi connectivity index (χ3n) is 3.01. The molecule has 0 spiro atoms. The van der Waals surface area contributed by atoms with Gasteiger partial charge in [-0.05, 0) is 37.1 Å². The highest BCUT2D eigenvalue weighted by molar-refractivity contribution is 5.48. The number of benzene rings is 1. The molecule has 0 bridgehead atoms. The van der Waals surface area contributed by atoms with E-state index >= 15 is 0 Å². The van der Waals surface area contributed by atoms with E-state index in [2.05, 4.69) is 42.8 Å². The van der Waals surface area contributed by atoms with Crippen molar-refractivity contribution in [1.82, 2.24) is 4.90 Å². The van der Waals surface area contributed by atoms with Crippen molar-refractivity contribution in [3.8, 4) is 0 Å². The number of hydrogen-bond acceptors (Lipinski definition) is 1. The molecule has 1 unspecified atom stereocenters. The summed E-state index contributed by atoms with van der Waals surface area (Å²) in [5, 5.41) is 0. The van der Waals surface area contributed by atoms with Gasteiger partial charge in [-0.1, -0.05) is 36.9 Å². The largest absolute Gasteiger partial charge is 0.306 e. The van der Waals surface area contributed by atoms with Gasteiger partial charge in [-0.3, -0.25) is 0 Å². The summed E-state index contributed by atoms with van der Waals surface area (Å²) in [5.41, 5.74) is 2.70. The van der Waals surface area contributed by atoms with E-state index in [9.17, 15) is 0 Å². The number of nitrogens with zero attached hydrogens (tertiary/aromatic N) is 1. The summed E-state index contributed by atoms with van der Waals surface area (Å²) < 4.78 is 0. The van der Waals surface area contributed by atoms with Crippen LogP contribution in [0.3, 0.4) is 0 Å². The molecule has 74 valence electrons. The van der Waals surface area contributed by atoms with Crippen LogP contribution >= 0.6 is 0 Å². The third kappa shape index (κ3) is 1.88. The number of rotatable bonds is 2. The molecule has 1 heteroatoms. The molecule has 1 fully saturated rings. The zero-order valence-electron chi connectivity index (χ0n) is 8.74. The van der Waals surface area contributed by atoms with E-state index in [-0.39, 0.29) is 0 Å². The Morgan fingerprint density at radius 1 is 1.50 bits per heavy atom. The highest BCUT2D eigenvalue weighted by Crippen LogP contribution is 2.26. The first-order chi connectivity index (χ1) is 6.79. The lowest BCUT2D eigenvalue weighted by molar-refractivity contribution is 0.411. The predicted molar refractivity (Wildman–Crippen MR) is 61.4 cm³/mol. The van der Waals surface area contributed by atoms with Crippen LogP contribution in [0.4, 0.5) is 0 Å². The minimum absolute atomic E-state index is 0.722. The maximum atomic E-state index is 3.80. The van der Waals surface area contributed by atoms with Crippen molar-refractivity contribution in [2.75, 3.05) is 20.1 Å². The van der Waals surface area contributed by atoms with Gasteiger partial charge in [0.2, 0.25) is 0 Å². The molecule has 1 aromatic rings. The first kappa shape index (κ1) is 9.47. The summed E-state index contributed by atoms with van der Waals surface area (Å²) in [7, 11) is 2.19. The predicted octanol–water partition coefficient (Wildman–Crippen LogP) is 2.75. The minimum atomic E-state index is 0.722. The third-order valence-corrected chi connectivity index (χ3v) is 3.01. The van der Waals surface area contributed by atoms with Gasteiger partial charge in [0.15, 0.2) is 0 Å². The molecule has 1 atom stereocenters. The van der Waals surface area contributed by atoms with Crippen LogP contribution in [0, 0.1) is 0 Å². The van der Waals surface area contributed by atoms with Gasteiger partial charge in [-0.25, -0.2) is 0 Å². The molecule has 0 saturated carbocycles. The SMILES string of the molecule is C=Cc1cccc(C2CCN(C)C2)c1. The van der Waals surface area contributed by atoms with E-state index < -0.39 is 0 Å². The van der Waals surface area contributed by atoms with Crippen LogP contribution in [0.1, 0.15) is 23.5 Å². The summed E-state index contributed by atoms with van der Waals surface area (Å²) >= 11 is 0. The molecule has 1 aliphatic rings. The highest BCUT2D eigenvalue weighted by Gasteiger charge is 2.20. The summed E-state index contributed by atoms with van der Waals surface area (Å²) in [6.45, 7) is 6.22. The standard InChI is InChI=1S/C13H17N/c1-3-11-5-4-6-12(9-11)13-7-8-14(2)10-13/h3-6,9,13H,1,7-8,10H2,2H3. The van der Waals surface area contributed by atoms with Gasteiger partial charge in [-0.2, -0.15) is 0 Å². The molecule has 1 nitrogen and oxygen atoms in total. The van der Waals surface area contributed by atoms with Gasteiger partial charge in [0, 0.05) is 6.54 Å². The molecule has 1 saturated heterocycles. The second kappa shape index (κ2) is 3.97. The fourth-order valence-electron chi connectivity index (χ4n) is 2.15. The molecule has 0 aromatic heterocycles. The van der Waals surface area contributed by atoms with Crippen LogP contribution < -0.4 is 0 Å². The normalized spacial score (nSPS) is 22.5. The van der Waals surface area contributed by atoms with Crippen molar-refractivity contribution in [3.63, 3.8) is 0 Å². The van der Waals surface area contributed by atoms with Gasteiger partial charge >= 0.3 is 0 Å². The second-order valence-electron chi connectivity index (χ2n) is 4.12. The summed E-state index contributed by atoms with van der Waals surface area (Å²) in [6, 6.07) is 8.73. The van der Waals surface area contributed by atoms with E-state index in [0.29, 0.717) is 0 Å². The van der Waals surface area contributed by atoms with Gasteiger partial charge in [0.25, 0.3) is 0 Å². The quantitative estimate of drug-likeness (QED) is 0.688. The fourth-order valence-corrected chi connectivity index (χ4v) is 2.15. The summed E-state index contributed by atoms with van der Waals surface area (Å²) in [4.78, 5) is 2.39. The van der Waals surface area contributed by atoms with E-state index in [1.807, 2.05) is 6.08 Å². The molecule has 1 aromatic carbocycles. The molecule has 1 aliphatic heterocycles. The van der Waals surface area contributed by atoms with Gasteiger partial charge < -0.3 is 4.90 Å². The highest BCUT2D eigenvalue weighted by atomic mass is 15.1. The first-order valence-electron chi connectivity index (χ1n) is 5.20. The molecule has 2 rings (SSSR count). The zero-order chi connectivity index (χ0) is 9.97. The van der Waals surface area contributed by atoms with Crippen LogP contribution in [0.2, 0.25) is 0 Å². The van der Waals surface area contributed by atoms with Crippen molar-refractivity contribution in [2.45, 2.75) is 12.3 Å². The average Bonchev–Trinajstić information content (AvgIpc) is 2.65. The van der Waals surface area contributed by atoms with Crippen LogP contribution in [0.15, 0.2) is 30.8 Å². The van der Waals surface area contributed by atoms with Gasteiger partial charge in [0.1, 0.15) is 0 Å². The monoisotopic (exact) mass is 187 g/mol. The van der Waals surface area contributed by atoms with Crippen molar-refractivity contribution >= 4 is 6.08 Å². The molecule has 0 amide bonds. The molecule has 14 heavy (non-hydrogen) atoms. The molecule has 0 aliphatic carbocycles. The molecular formula is C13H17N. The number of likely N-dealkylation sites (tertiary alicyclic amines) is 1. The van der Waals surface area contributed by atoms with E-state index in [1.54, 1.807) is 0 Å². The van der Waals surface area contributed by atoms with Crippen LogP contribution in [-0.2, 0) is 0 Å². The van der Waals surface area contributed by atoms with E-state index in [1.165, 1.54) is 30.6 Å². The lowest BCUT2D eigenvalue weighted by Gasteiger charge is -2.11. The maximum Gasteiger partial charge on any atom is 0.00477 e. The summed E-state index contributed by atoms with van der Waals surface area (Å²) in [5.74, 6) is 0.722. The van der Waals surface area contributed by atoms with Crippen LogP contribution in [-0.4, -0.2) is 25.0 Å². The Morgan fingerprint density at radius 2 is 2.36 bits per heavy atom. The minimum Gasteiger partial charge on any atom is -0.306 e. The molecule has 0 N–H and O–H groups in total. The smallest absolute Gasteiger partial charge is 0.00477 e. The van der Waals surface area contributed by atoms with Crippen molar-refractivity contribution in [3.05, 3.63) is 42.0 Å². The van der Waals surface area contributed by atoms with Gasteiger partial charge in [0.05, 0.1) is 0 Å². The lowest BCUT2D eigenvalue weighted by Crippen LogP contribution is -2.13. The number of hydrogen-bond donors (Lipinski definition) is 0. The molecule has 1 heterocycles. The Balaban J connectivity index is 2.19. The second-order valence-corrected chi connectivity index (χ2v) is 4.12. The Hall–Kier alpha value is -1.08. The van der Waals surface area contributed by atoms with Crippen molar-refractivity contribution in [2.24, 2.45) is 0 Å². The lowest BCUT2D eigenvalue weighted by atomic mass is 9.97. The molecule has 0 radical (unpaired) electrons. The first-order valence-corrected chi connectivity index (χ1v) is 5.20. The van der Waals surface area contributed by atoms with Gasteiger partial charge in [-0.15, -0.1) is 0 Å².